The number of hydrogen-bond donors (Lipinski definition) is 0. The summed E-state index contributed by atoms with van der Waals surface area (Å²) >= 11 is 0. The van der Waals surface area contributed by atoms with Crippen LogP contribution in [0.2, 0.25) is 0 Å². The third-order valence-corrected chi connectivity index (χ3v) is 17.6. The highest BCUT2D eigenvalue weighted by atomic mass is 15.1. The molecule has 0 radical (unpaired) electrons. The molecular formula is C90H64N2. The van der Waals surface area contributed by atoms with Crippen molar-refractivity contribution in [3.8, 4) is 111 Å². The Morgan fingerprint density at radius 3 is 0.283 bits per heavy atom. The lowest BCUT2D eigenvalue weighted by Gasteiger charge is -2.26. The van der Waals surface area contributed by atoms with Gasteiger partial charge in [0, 0.05) is 34.1 Å². The Bertz CT molecular complexity index is 4610. The second kappa shape index (κ2) is 25.9. The number of anilines is 6. The maximum Gasteiger partial charge on any atom is 0.0462 e. The van der Waals surface area contributed by atoms with Gasteiger partial charge in [0.05, 0.1) is 0 Å². The number of rotatable bonds is 16. The summed E-state index contributed by atoms with van der Waals surface area (Å²) in [5, 5.41) is 0. The summed E-state index contributed by atoms with van der Waals surface area (Å²) in [6.07, 6.45) is 0. The third-order valence-electron chi connectivity index (χ3n) is 17.6. The summed E-state index contributed by atoms with van der Waals surface area (Å²) in [4.78, 5) is 4.69. The minimum absolute atomic E-state index is 1.07. The molecule has 0 saturated carbocycles. The molecule has 0 fully saturated rings. The smallest absolute Gasteiger partial charge is 0.0462 e. The van der Waals surface area contributed by atoms with Gasteiger partial charge >= 0.3 is 0 Å². The van der Waals surface area contributed by atoms with Crippen LogP contribution < -0.4 is 9.80 Å². The first-order valence-electron chi connectivity index (χ1n) is 31.5. The van der Waals surface area contributed by atoms with Crippen molar-refractivity contribution in [2.45, 2.75) is 0 Å². The minimum atomic E-state index is 1.07. The summed E-state index contributed by atoms with van der Waals surface area (Å²) in [6.45, 7) is 0. The van der Waals surface area contributed by atoms with Crippen LogP contribution in [0, 0.1) is 0 Å². The number of nitrogens with zero attached hydrogens (tertiary/aromatic N) is 2. The highest BCUT2D eigenvalue weighted by molar-refractivity contribution is 5.85. The van der Waals surface area contributed by atoms with E-state index in [1.807, 2.05) is 0 Å². The first-order valence-corrected chi connectivity index (χ1v) is 31.5. The van der Waals surface area contributed by atoms with Crippen LogP contribution >= 0.6 is 0 Å². The highest BCUT2D eigenvalue weighted by Crippen LogP contribution is 2.41. The Labute approximate surface area is 540 Å². The molecule has 15 aromatic carbocycles. The van der Waals surface area contributed by atoms with Gasteiger partial charge in [0.15, 0.2) is 0 Å². The maximum absolute atomic E-state index is 2.36. The molecule has 0 saturated heterocycles. The van der Waals surface area contributed by atoms with Crippen LogP contribution in [0.15, 0.2) is 388 Å². The zero-order valence-corrected chi connectivity index (χ0v) is 50.8. The molecule has 434 valence electrons. The van der Waals surface area contributed by atoms with Crippen LogP contribution in [-0.4, -0.2) is 0 Å². The Morgan fingerprint density at radius 1 is 0.0870 bits per heavy atom. The largest absolute Gasteiger partial charge is 0.311 e. The molecule has 0 spiro atoms. The first-order chi connectivity index (χ1) is 45.6. The van der Waals surface area contributed by atoms with Gasteiger partial charge in [-0.3, -0.25) is 0 Å². The van der Waals surface area contributed by atoms with Crippen molar-refractivity contribution in [1.29, 1.82) is 0 Å². The van der Waals surface area contributed by atoms with Gasteiger partial charge in [-0.15, -0.1) is 0 Å². The third kappa shape index (κ3) is 12.3. The normalized spacial score (nSPS) is 11.0. The molecule has 2 heteroatoms. The Morgan fingerprint density at radius 2 is 0.174 bits per heavy atom. The van der Waals surface area contributed by atoms with Gasteiger partial charge in [-0.1, -0.05) is 315 Å². The molecule has 0 aliphatic heterocycles. The van der Waals surface area contributed by atoms with Crippen LogP contribution in [0.4, 0.5) is 34.1 Å². The summed E-state index contributed by atoms with van der Waals surface area (Å²) in [7, 11) is 0. The topological polar surface area (TPSA) is 6.48 Å². The van der Waals surface area contributed by atoms with Gasteiger partial charge in [-0.2, -0.15) is 0 Å². The van der Waals surface area contributed by atoms with Gasteiger partial charge in [-0.05, 0) is 184 Å². The number of hydrogen-bond acceptors (Lipinski definition) is 2. The fourth-order valence-corrected chi connectivity index (χ4v) is 12.5. The second-order valence-corrected chi connectivity index (χ2v) is 23.3. The van der Waals surface area contributed by atoms with E-state index in [9.17, 15) is 0 Å². The van der Waals surface area contributed by atoms with E-state index >= 15 is 0 Å². The monoisotopic (exact) mass is 1170 g/mol. The van der Waals surface area contributed by atoms with Crippen molar-refractivity contribution in [3.63, 3.8) is 0 Å². The van der Waals surface area contributed by atoms with Crippen LogP contribution in [0.25, 0.3) is 111 Å². The molecule has 2 nitrogen and oxygen atoms in total. The van der Waals surface area contributed by atoms with Crippen molar-refractivity contribution in [3.05, 3.63) is 388 Å². The summed E-state index contributed by atoms with van der Waals surface area (Å²) in [5.41, 5.74) is 30.3. The molecule has 15 aromatic rings. The van der Waals surface area contributed by atoms with Crippen LogP contribution in [0.1, 0.15) is 0 Å². The summed E-state index contributed by atoms with van der Waals surface area (Å²) < 4.78 is 0. The fraction of sp³-hybridized carbons (Fsp3) is 0. The standard InChI is InChI=1S/C90H64N2/c1-5-13-65(14-6-1)69-21-25-71(26-22-69)73-29-33-75(34-30-73)81-45-59-88(60-46-81)92(89-61-47-82(48-62-89)76-35-31-74(32-36-76)72-27-23-70(24-28-72)66-15-7-2-8-16-66)90-63-51-84(52-64-90)78-39-37-77(38-40-78)83-49-57-87(58-50-83)91(85-53-41-79(42-54-85)67-17-9-3-10-18-67)86-55-43-80(44-56-86)68-19-11-4-12-20-68/h1-64H. The summed E-state index contributed by atoms with van der Waals surface area (Å²) in [6, 6.07) is 140. The van der Waals surface area contributed by atoms with Gasteiger partial charge in [0.1, 0.15) is 0 Å². The maximum atomic E-state index is 2.36. The molecule has 15 rings (SSSR count). The van der Waals surface area contributed by atoms with Crippen molar-refractivity contribution in [1.82, 2.24) is 0 Å². The molecular weight excluding hydrogens is 1110 g/mol. The van der Waals surface area contributed by atoms with Crippen molar-refractivity contribution in [2.24, 2.45) is 0 Å². The SMILES string of the molecule is c1ccc(-c2ccc(-c3ccc(-c4ccc(N(c5ccc(-c6ccc(-c7ccc(-c8ccccc8)cc7)cc6)cc5)c5ccc(-c6ccc(-c7ccc(N(c8ccc(-c9ccccc9)cc8)c8ccc(-c9ccccc9)cc8)cc7)cc6)cc5)cc4)cc3)cc2)cc1. The lowest BCUT2D eigenvalue weighted by molar-refractivity contribution is 1.28. The molecule has 0 heterocycles. The molecule has 0 N–H and O–H groups in total. The lowest BCUT2D eigenvalue weighted by atomic mass is 9.97. The molecule has 92 heavy (non-hydrogen) atoms. The van der Waals surface area contributed by atoms with Crippen molar-refractivity contribution in [2.75, 3.05) is 9.80 Å². The van der Waals surface area contributed by atoms with Gasteiger partial charge in [0.25, 0.3) is 0 Å². The Hall–Kier alpha value is -12.1. The molecule has 0 aromatic heterocycles. The van der Waals surface area contributed by atoms with E-state index in [0.29, 0.717) is 0 Å². The predicted molar refractivity (Wildman–Crippen MR) is 390 cm³/mol. The average Bonchev–Trinajstić information content (AvgIpc) is 1.62. The van der Waals surface area contributed by atoms with E-state index in [2.05, 4.69) is 398 Å². The van der Waals surface area contributed by atoms with E-state index in [1.54, 1.807) is 0 Å². The van der Waals surface area contributed by atoms with Crippen molar-refractivity contribution < 1.29 is 0 Å². The van der Waals surface area contributed by atoms with Crippen LogP contribution in [-0.2, 0) is 0 Å². The quantitative estimate of drug-likeness (QED) is 0.0951. The molecule has 0 bridgehead atoms. The van der Waals surface area contributed by atoms with E-state index in [1.165, 1.54) is 77.9 Å². The Kier molecular flexibility index (Phi) is 15.9. The molecule has 0 aliphatic carbocycles. The van der Waals surface area contributed by atoms with Crippen LogP contribution in [0.3, 0.4) is 0 Å². The predicted octanol–water partition coefficient (Wildman–Crippen LogP) is 25.3. The zero-order valence-electron chi connectivity index (χ0n) is 50.8. The van der Waals surface area contributed by atoms with E-state index in [0.717, 1.165) is 67.5 Å². The van der Waals surface area contributed by atoms with Gasteiger partial charge < -0.3 is 9.80 Å². The van der Waals surface area contributed by atoms with E-state index in [-0.39, 0.29) is 0 Å². The van der Waals surface area contributed by atoms with Gasteiger partial charge in [-0.25, -0.2) is 0 Å². The van der Waals surface area contributed by atoms with E-state index < -0.39 is 0 Å². The van der Waals surface area contributed by atoms with Crippen molar-refractivity contribution >= 4 is 34.1 Å². The lowest BCUT2D eigenvalue weighted by Crippen LogP contribution is -2.09. The molecule has 0 amide bonds. The second-order valence-electron chi connectivity index (χ2n) is 23.3. The van der Waals surface area contributed by atoms with E-state index in [4.69, 9.17) is 0 Å². The summed E-state index contributed by atoms with van der Waals surface area (Å²) in [5.74, 6) is 0. The highest BCUT2D eigenvalue weighted by Gasteiger charge is 2.17. The fourth-order valence-electron chi connectivity index (χ4n) is 12.5. The minimum Gasteiger partial charge on any atom is -0.311 e. The number of benzene rings is 15. The zero-order chi connectivity index (χ0) is 61.4. The van der Waals surface area contributed by atoms with Gasteiger partial charge in [0.2, 0.25) is 0 Å². The van der Waals surface area contributed by atoms with Crippen LogP contribution in [0.5, 0.6) is 0 Å². The first kappa shape index (κ1) is 56.4. The molecule has 0 aliphatic rings. The molecule has 0 unspecified atom stereocenters. The molecule has 0 atom stereocenters. The Balaban J connectivity index is 0.684. The average molecular weight is 1170 g/mol.